The maximum Gasteiger partial charge on any atom is 0.00930 e. The summed E-state index contributed by atoms with van der Waals surface area (Å²) in [4.78, 5) is 0. The average Bonchev–Trinajstić information content (AvgIpc) is 2.37. The molecule has 2 atom stereocenters. The molecule has 1 heteroatoms. The SMILES string of the molecule is CC[C@H](C)[C@H]1CCCN1. The molecule has 1 aliphatic heterocycles. The Morgan fingerprint density at radius 3 is 2.89 bits per heavy atom. The quantitative estimate of drug-likeness (QED) is 0.596. The van der Waals surface area contributed by atoms with E-state index in [1.54, 1.807) is 0 Å². The number of rotatable bonds is 2. The monoisotopic (exact) mass is 127 g/mol. The van der Waals surface area contributed by atoms with Crippen LogP contribution in [0.25, 0.3) is 0 Å². The highest BCUT2D eigenvalue weighted by molar-refractivity contribution is 4.77. The summed E-state index contributed by atoms with van der Waals surface area (Å²) in [7, 11) is 0. The van der Waals surface area contributed by atoms with Crippen LogP contribution in [0.4, 0.5) is 0 Å². The van der Waals surface area contributed by atoms with E-state index in [-0.39, 0.29) is 0 Å². The molecule has 1 rings (SSSR count). The van der Waals surface area contributed by atoms with Gasteiger partial charge in [0.1, 0.15) is 0 Å². The maximum absolute atomic E-state index is 3.51. The Morgan fingerprint density at radius 1 is 1.67 bits per heavy atom. The third-order valence-electron chi connectivity index (χ3n) is 2.43. The van der Waals surface area contributed by atoms with Gasteiger partial charge in [-0.05, 0) is 25.3 Å². The lowest BCUT2D eigenvalue weighted by Crippen LogP contribution is -2.27. The first kappa shape index (κ1) is 7.07. The van der Waals surface area contributed by atoms with Crippen molar-refractivity contribution in [2.45, 2.75) is 39.2 Å². The van der Waals surface area contributed by atoms with Crippen LogP contribution in [-0.2, 0) is 0 Å². The zero-order valence-corrected chi connectivity index (χ0v) is 6.48. The van der Waals surface area contributed by atoms with Crippen LogP contribution in [0.3, 0.4) is 0 Å². The van der Waals surface area contributed by atoms with Gasteiger partial charge in [0.15, 0.2) is 0 Å². The van der Waals surface area contributed by atoms with Crippen molar-refractivity contribution in [3.63, 3.8) is 0 Å². The second-order valence-electron chi connectivity index (χ2n) is 3.09. The van der Waals surface area contributed by atoms with Gasteiger partial charge in [-0.3, -0.25) is 0 Å². The van der Waals surface area contributed by atoms with Gasteiger partial charge in [0, 0.05) is 6.04 Å². The van der Waals surface area contributed by atoms with E-state index in [0.29, 0.717) is 0 Å². The summed E-state index contributed by atoms with van der Waals surface area (Å²) in [5.41, 5.74) is 0. The van der Waals surface area contributed by atoms with Gasteiger partial charge in [0.05, 0.1) is 0 Å². The minimum Gasteiger partial charge on any atom is -0.314 e. The van der Waals surface area contributed by atoms with E-state index in [0.717, 1.165) is 12.0 Å². The van der Waals surface area contributed by atoms with E-state index in [1.165, 1.54) is 25.8 Å². The zero-order chi connectivity index (χ0) is 6.69. The molecular weight excluding hydrogens is 110 g/mol. The average molecular weight is 127 g/mol. The highest BCUT2D eigenvalue weighted by Crippen LogP contribution is 2.16. The first-order valence-electron chi connectivity index (χ1n) is 4.08. The second kappa shape index (κ2) is 3.21. The molecule has 1 nitrogen and oxygen atoms in total. The normalized spacial score (nSPS) is 30.7. The summed E-state index contributed by atoms with van der Waals surface area (Å²) >= 11 is 0. The van der Waals surface area contributed by atoms with Crippen molar-refractivity contribution in [2.75, 3.05) is 6.54 Å². The summed E-state index contributed by atoms with van der Waals surface area (Å²) < 4.78 is 0. The molecule has 54 valence electrons. The largest absolute Gasteiger partial charge is 0.314 e. The standard InChI is InChI=1S/C8H17N/c1-3-7(2)8-5-4-6-9-8/h7-9H,3-6H2,1-2H3/t7-,8+/m0/s1. The van der Waals surface area contributed by atoms with Crippen LogP contribution >= 0.6 is 0 Å². The molecule has 0 aromatic rings. The highest BCUT2D eigenvalue weighted by atomic mass is 14.9. The zero-order valence-electron chi connectivity index (χ0n) is 6.48. The molecule has 0 aromatic heterocycles. The Morgan fingerprint density at radius 2 is 2.44 bits per heavy atom. The summed E-state index contributed by atoms with van der Waals surface area (Å²) in [5.74, 6) is 0.882. The Balaban J connectivity index is 2.24. The van der Waals surface area contributed by atoms with E-state index >= 15 is 0 Å². The fraction of sp³-hybridized carbons (Fsp3) is 1.00. The maximum atomic E-state index is 3.51. The Kier molecular flexibility index (Phi) is 2.52. The van der Waals surface area contributed by atoms with E-state index in [4.69, 9.17) is 0 Å². The van der Waals surface area contributed by atoms with Crippen LogP contribution in [0, 0.1) is 5.92 Å². The lowest BCUT2D eigenvalue weighted by molar-refractivity contribution is 0.409. The molecule has 0 spiro atoms. The van der Waals surface area contributed by atoms with Gasteiger partial charge in [-0.1, -0.05) is 20.3 Å². The van der Waals surface area contributed by atoms with Gasteiger partial charge in [-0.2, -0.15) is 0 Å². The molecular formula is C8H17N. The van der Waals surface area contributed by atoms with Crippen molar-refractivity contribution < 1.29 is 0 Å². The first-order chi connectivity index (χ1) is 4.34. The van der Waals surface area contributed by atoms with Gasteiger partial charge in [0.25, 0.3) is 0 Å². The molecule has 1 aliphatic rings. The lowest BCUT2D eigenvalue weighted by atomic mass is 9.98. The predicted molar refractivity (Wildman–Crippen MR) is 40.5 cm³/mol. The minimum absolute atomic E-state index is 0.829. The molecule has 0 amide bonds. The van der Waals surface area contributed by atoms with Crippen molar-refractivity contribution in [1.29, 1.82) is 0 Å². The topological polar surface area (TPSA) is 12.0 Å². The van der Waals surface area contributed by atoms with Gasteiger partial charge >= 0.3 is 0 Å². The number of nitrogens with one attached hydrogen (secondary N) is 1. The molecule has 1 heterocycles. The van der Waals surface area contributed by atoms with E-state index in [1.807, 2.05) is 0 Å². The molecule has 0 aliphatic carbocycles. The highest BCUT2D eigenvalue weighted by Gasteiger charge is 2.18. The van der Waals surface area contributed by atoms with Crippen LogP contribution < -0.4 is 5.32 Å². The van der Waals surface area contributed by atoms with Gasteiger partial charge in [-0.15, -0.1) is 0 Å². The summed E-state index contributed by atoms with van der Waals surface area (Å²) in [6.07, 6.45) is 4.10. The summed E-state index contributed by atoms with van der Waals surface area (Å²) in [5, 5.41) is 3.51. The molecule has 1 saturated heterocycles. The van der Waals surface area contributed by atoms with Gasteiger partial charge < -0.3 is 5.32 Å². The molecule has 1 N–H and O–H groups in total. The van der Waals surface area contributed by atoms with Crippen LogP contribution in [0.5, 0.6) is 0 Å². The fourth-order valence-corrected chi connectivity index (χ4v) is 1.48. The van der Waals surface area contributed by atoms with Crippen LogP contribution in [0.2, 0.25) is 0 Å². The number of hydrogen-bond acceptors (Lipinski definition) is 1. The second-order valence-corrected chi connectivity index (χ2v) is 3.09. The Labute approximate surface area is 57.8 Å². The van der Waals surface area contributed by atoms with Gasteiger partial charge in [0.2, 0.25) is 0 Å². The van der Waals surface area contributed by atoms with E-state index < -0.39 is 0 Å². The van der Waals surface area contributed by atoms with Crippen molar-refractivity contribution in [3.8, 4) is 0 Å². The van der Waals surface area contributed by atoms with E-state index in [2.05, 4.69) is 19.2 Å². The van der Waals surface area contributed by atoms with Crippen molar-refractivity contribution in [1.82, 2.24) is 5.32 Å². The van der Waals surface area contributed by atoms with E-state index in [9.17, 15) is 0 Å². The summed E-state index contributed by atoms with van der Waals surface area (Å²) in [6, 6.07) is 0.829. The molecule has 0 bridgehead atoms. The first-order valence-corrected chi connectivity index (χ1v) is 4.08. The van der Waals surface area contributed by atoms with Crippen molar-refractivity contribution in [2.24, 2.45) is 5.92 Å². The summed E-state index contributed by atoms with van der Waals surface area (Å²) in [6.45, 7) is 5.85. The Hall–Kier alpha value is -0.0400. The van der Waals surface area contributed by atoms with Crippen LogP contribution in [-0.4, -0.2) is 12.6 Å². The van der Waals surface area contributed by atoms with Crippen molar-refractivity contribution in [3.05, 3.63) is 0 Å². The molecule has 9 heavy (non-hydrogen) atoms. The molecule has 0 unspecified atom stereocenters. The van der Waals surface area contributed by atoms with Crippen LogP contribution in [0.1, 0.15) is 33.1 Å². The van der Waals surface area contributed by atoms with Crippen LogP contribution in [0.15, 0.2) is 0 Å². The van der Waals surface area contributed by atoms with Gasteiger partial charge in [-0.25, -0.2) is 0 Å². The third kappa shape index (κ3) is 1.68. The third-order valence-corrected chi connectivity index (χ3v) is 2.43. The minimum atomic E-state index is 0.829. The molecule has 0 radical (unpaired) electrons. The smallest absolute Gasteiger partial charge is 0.00930 e. The molecule has 0 saturated carbocycles. The predicted octanol–water partition coefficient (Wildman–Crippen LogP) is 1.78. The lowest BCUT2D eigenvalue weighted by Gasteiger charge is -2.16. The van der Waals surface area contributed by atoms with Crippen molar-refractivity contribution >= 4 is 0 Å². The fourth-order valence-electron chi connectivity index (χ4n) is 1.48. The molecule has 1 fully saturated rings. The molecule has 0 aromatic carbocycles. The number of hydrogen-bond donors (Lipinski definition) is 1. The Bertz CT molecular complexity index is 74.6.